The molecule has 0 aliphatic heterocycles. The SMILES string of the molecule is C=Cc1[nH]ccc1CC(=NC)C(C)C. The van der Waals surface area contributed by atoms with Crippen molar-refractivity contribution < 1.29 is 0 Å². The molecule has 0 aliphatic rings. The molecule has 1 aromatic rings. The van der Waals surface area contributed by atoms with E-state index in [1.165, 1.54) is 11.3 Å². The summed E-state index contributed by atoms with van der Waals surface area (Å²) in [6.45, 7) is 8.11. The Labute approximate surface area is 85.8 Å². The Morgan fingerprint density at radius 1 is 1.64 bits per heavy atom. The number of hydrogen-bond acceptors (Lipinski definition) is 1. The molecule has 1 N–H and O–H groups in total. The molecular weight excluding hydrogens is 172 g/mol. The highest BCUT2D eigenvalue weighted by Gasteiger charge is 2.08. The molecule has 0 atom stereocenters. The largest absolute Gasteiger partial charge is 0.361 e. The van der Waals surface area contributed by atoms with E-state index in [9.17, 15) is 0 Å². The summed E-state index contributed by atoms with van der Waals surface area (Å²) >= 11 is 0. The molecule has 0 fully saturated rings. The molecule has 0 saturated heterocycles. The Morgan fingerprint density at radius 2 is 2.36 bits per heavy atom. The average molecular weight is 190 g/mol. The van der Waals surface area contributed by atoms with Gasteiger partial charge < -0.3 is 4.98 Å². The summed E-state index contributed by atoms with van der Waals surface area (Å²) in [4.78, 5) is 7.46. The summed E-state index contributed by atoms with van der Waals surface area (Å²) in [6.07, 6.45) is 4.71. The van der Waals surface area contributed by atoms with E-state index < -0.39 is 0 Å². The van der Waals surface area contributed by atoms with Crippen molar-refractivity contribution in [3.05, 3.63) is 30.1 Å². The van der Waals surface area contributed by atoms with Gasteiger partial charge in [0.1, 0.15) is 0 Å². The third-order valence-electron chi connectivity index (χ3n) is 2.40. The van der Waals surface area contributed by atoms with Gasteiger partial charge in [-0.05, 0) is 23.6 Å². The number of H-pyrrole nitrogens is 1. The van der Waals surface area contributed by atoms with Crippen molar-refractivity contribution in [2.75, 3.05) is 7.05 Å². The molecule has 0 bridgehead atoms. The first-order valence-corrected chi connectivity index (χ1v) is 4.93. The lowest BCUT2D eigenvalue weighted by atomic mass is 10.00. The number of aromatic nitrogens is 1. The summed E-state index contributed by atoms with van der Waals surface area (Å²) in [6, 6.07) is 2.09. The van der Waals surface area contributed by atoms with Crippen LogP contribution in [0.4, 0.5) is 0 Å². The highest BCUT2D eigenvalue weighted by Crippen LogP contribution is 2.12. The maximum atomic E-state index is 4.31. The molecule has 0 amide bonds. The van der Waals surface area contributed by atoms with Crippen molar-refractivity contribution >= 4 is 11.8 Å². The van der Waals surface area contributed by atoms with Gasteiger partial charge in [-0.2, -0.15) is 0 Å². The molecule has 0 spiro atoms. The molecule has 0 saturated carbocycles. The van der Waals surface area contributed by atoms with Gasteiger partial charge in [0.2, 0.25) is 0 Å². The Kier molecular flexibility index (Phi) is 3.69. The third-order valence-corrected chi connectivity index (χ3v) is 2.40. The maximum Gasteiger partial charge on any atom is 0.0410 e. The van der Waals surface area contributed by atoms with Crippen LogP contribution >= 0.6 is 0 Å². The average Bonchev–Trinajstić information content (AvgIpc) is 2.60. The van der Waals surface area contributed by atoms with Crippen LogP contribution in [0.1, 0.15) is 25.1 Å². The number of hydrogen-bond donors (Lipinski definition) is 1. The lowest BCUT2D eigenvalue weighted by Gasteiger charge is -2.08. The van der Waals surface area contributed by atoms with Crippen LogP contribution in [-0.4, -0.2) is 17.7 Å². The van der Waals surface area contributed by atoms with Crippen LogP contribution in [0.25, 0.3) is 6.08 Å². The van der Waals surface area contributed by atoms with Crippen LogP contribution in [0, 0.1) is 5.92 Å². The Morgan fingerprint density at radius 3 is 2.86 bits per heavy atom. The van der Waals surface area contributed by atoms with Crippen LogP contribution < -0.4 is 0 Å². The van der Waals surface area contributed by atoms with E-state index in [2.05, 4.69) is 36.5 Å². The second-order valence-electron chi connectivity index (χ2n) is 3.67. The van der Waals surface area contributed by atoms with Crippen LogP contribution in [0.5, 0.6) is 0 Å². The van der Waals surface area contributed by atoms with Crippen molar-refractivity contribution in [2.24, 2.45) is 10.9 Å². The third kappa shape index (κ3) is 2.34. The summed E-state index contributed by atoms with van der Waals surface area (Å²) in [5.41, 5.74) is 3.61. The smallest absolute Gasteiger partial charge is 0.0410 e. The summed E-state index contributed by atoms with van der Waals surface area (Å²) in [7, 11) is 1.86. The number of nitrogens with zero attached hydrogens (tertiary/aromatic N) is 1. The lowest BCUT2D eigenvalue weighted by Crippen LogP contribution is -2.11. The molecule has 0 aromatic carbocycles. The second kappa shape index (κ2) is 4.80. The molecule has 0 radical (unpaired) electrons. The highest BCUT2D eigenvalue weighted by atomic mass is 14.7. The van der Waals surface area contributed by atoms with E-state index in [-0.39, 0.29) is 0 Å². The zero-order valence-corrected chi connectivity index (χ0v) is 9.17. The first kappa shape index (κ1) is 10.8. The van der Waals surface area contributed by atoms with Gasteiger partial charge in [-0.25, -0.2) is 0 Å². The van der Waals surface area contributed by atoms with Gasteiger partial charge in [0.25, 0.3) is 0 Å². The predicted molar refractivity (Wildman–Crippen MR) is 62.8 cm³/mol. The molecule has 0 aliphatic carbocycles. The zero-order chi connectivity index (χ0) is 10.6. The summed E-state index contributed by atoms with van der Waals surface area (Å²) < 4.78 is 0. The fourth-order valence-electron chi connectivity index (χ4n) is 1.50. The van der Waals surface area contributed by atoms with Crippen LogP contribution in [0.3, 0.4) is 0 Å². The number of aromatic amines is 1. The van der Waals surface area contributed by atoms with Gasteiger partial charge in [-0.1, -0.05) is 20.4 Å². The fourth-order valence-corrected chi connectivity index (χ4v) is 1.50. The number of rotatable bonds is 4. The van der Waals surface area contributed by atoms with Gasteiger partial charge in [0, 0.05) is 31.1 Å². The van der Waals surface area contributed by atoms with Crippen LogP contribution in [-0.2, 0) is 6.42 Å². The number of aliphatic imine (C=N–C) groups is 1. The second-order valence-corrected chi connectivity index (χ2v) is 3.67. The minimum Gasteiger partial charge on any atom is -0.361 e. The predicted octanol–water partition coefficient (Wildman–Crippen LogP) is 2.93. The van der Waals surface area contributed by atoms with E-state index >= 15 is 0 Å². The first-order valence-electron chi connectivity index (χ1n) is 4.93. The summed E-state index contributed by atoms with van der Waals surface area (Å²) in [5.74, 6) is 0.507. The van der Waals surface area contributed by atoms with E-state index in [4.69, 9.17) is 0 Å². The molecule has 1 rings (SSSR count). The van der Waals surface area contributed by atoms with Crippen LogP contribution in [0.2, 0.25) is 0 Å². The molecule has 14 heavy (non-hydrogen) atoms. The first-order chi connectivity index (χ1) is 6.69. The van der Waals surface area contributed by atoms with E-state index in [0.29, 0.717) is 5.92 Å². The Hall–Kier alpha value is -1.31. The monoisotopic (exact) mass is 190 g/mol. The van der Waals surface area contributed by atoms with Gasteiger partial charge in [-0.15, -0.1) is 0 Å². The maximum absolute atomic E-state index is 4.31. The van der Waals surface area contributed by atoms with E-state index in [1.54, 1.807) is 0 Å². The molecule has 2 heteroatoms. The van der Waals surface area contributed by atoms with Crippen molar-refractivity contribution in [3.63, 3.8) is 0 Å². The normalized spacial score (nSPS) is 12.1. The molecule has 1 aromatic heterocycles. The Bertz CT molecular complexity index is 332. The molecule has 0 unspecified atom stereocenters. The van der Waals surface area contributed by atoms with Gasteiger partial charge in [0.05, 0.1) is 0 Å². The van der Waals surface area contributed by atoms with Crippen molar-refractivity contribution in [2.45, 2.75) is 20.3 Å². The standard InChI is InChI=1S/C12H18N2/c1-5-11-10(6-7-14-11)8-12(13-4)9(2)3/h5-7,9,14H,1,8H2,2-4H3. The Balaban J connectivity index is 2.82. The van der Waals surface area contributed by atoms with Gasteiger partial charge >= 0.3 is 0 Å². The van der Waals surface area contributed by atoms with E-state index in [0.717, 1.165) is 12.1 Å². The highest BCUT2D eigenvalue weighted by molar-refractivity contribution is 5.88. The quantitative estimate of drug-likeness (QED) is 0.707. The van der Waals surface area contributed by atoms with Crippen molar-refractivity contribution in [3.8, 4) is 0 Å². The van der Waals surface area contributed by atoms with Crippen LogP contribution in [0.15, 0.2) is 23.8 Å². The molecule has 76 valence electrons. The fraction of sp³-hybridized carbons (Fsp3) is 0.417. The molecular formula is C12H18N2. The number of nitrogens with one attached hydrogen (secondary N) is 1. The lowest BCUT2D eigenvalue weighted by molar-refractivity contribution is 0.859. The van der Waals surface area contributed by atoms with Gasteiger partial charge in [-0.3, -0.25) is 4.99 Å². The molecule has 1 heterocycles. The van der Waals surface area contributed by atoms with E-state index in [1.807, 2.05) is 19.3 Å². The van der Waals surface area contributed by atoms with Gasteiger partial charge in [0.15, 0.2) is 0 Å². The minimum atomic E-state index is 0.507. The summed E-state index contributed by atoms with van der Waals surface area (Å²) in [5, 5.41) is 0. The van der Waals surface area contributed by atoms with Crippen molar-refractivity contribution in [1.82, 2.24) is 4.98 Å². The topological polar surface area (TPSA) is 28.1 Å². The van der Waals surface area contributed by atoms with Crippen molar-refractivity contribution in [1.29, 1.82) is 0 Å². The molecule has 2 nitrogen and oxygen atoms in total. The zero-order valence-electron chi connectivity index (χ0n) is 9.17. The minimum absolute atomic E-state index is 0.507.